The second kappa shape index (κ2) is 10.7. The van der Waals surface area contributed by atoms with Crippen molar-refractivity contribution in [2.24, 2.45) is 10.9 Å². The van der Waals surface area contributed by atoms with Crippen molar-refractivity contribution in [2.75, 3.05) is 13.2 Å². The number of esters is 2. The van der Waals surface area contributed by atoms with E-state index in [0.717, 1.165) is 27.5 Å². The number of allylic oxidation sites excluding steroid dienone is 1. The Morgan fingerprint density at radius 1 is 1.00 bits per heavy atom. The summed E-state index contributed by atoms with van der Waals surface area (Å²) in [6, 6.07) is 13.5. The number of rotatable bonds is 7. The van der Waals surface area contributed by atoms with Gasteiger partial charge in [-0.05, 0) is 51.5 Å². The van der Waals surface area contributed by atoms with Gasteiger partial charge in [-0.1, -0.05) is 24.3 Å². The number of hydrogen-bond acceptors (Lipinski definition) is 8. The first-order valence-corrected chi connectivity index (χ1v) is 12.4. The highest BCUT2D eigenvalue weighted by atomic mass is 32.1. The van der Waals surface area contributed by atoms with Crippen molar-refractivity contribution in [3.63, 3.8) is 0 Å². The smallest absolute Gasteiger partial charge is 0.336 e. The molecule has 1 aromatic carbocycles. The van der Waals surface area contributed by atoms with Gasteiger partial charge in [0.2, 0.25) is 0 Å². The van der Waals surface area contributed by atoms with Gasteiger partial charge < -0.3 is 9.47 Å². The third-order valence-electron chi connectivity index (χ3n) is 5.79. The van der Waals surface area contributed by atoms with Crippen molar-refractivity contribution in [1.82, 2.24) is 9.97 Å². The minimum atomic E-state index is -0.728. The average Bonchev–Trinajstić information content (AvgIpc) is 3.35. The van der Waals surface area contributed by atoms with Gasteiger partial charge in [0.25, 0.3) is 0 Å². The number of aliphatic imine (C=N–C) groups is 1. The first kappa shape index (κ1) is 24.5. The molecule has 0 amide bonds. The molecule has 0 saturated carbocycles. The van der Waals surface area contributed by atoms with E-state index in [1.807, 2.05) is 47.8 Å². The fraction of sp³-hybridized carbons (Fsp3) is 0.296. The Balaban J connectivity index is 1.79. The number of hydrogen-bond donors (Lipinski definition) is 0. The zero-order valence-electron chi connectivity index (χ0n) is 20.1. The molecule has 3 aromatic rings. The van der Waals surface area contributed by atoms with Gasteiger partial charge in [-0.15, -0.1) is 11.3 Å². The standard InChI is InChI=1S/C27H27N3O4S/c1-5-33-26(31)22-16(3)29-17(4)23(27(32)34-6-2)24(22)18-10-9-11-19(14-18)25-30-21(15-35-25)20-12-7-8-13-28-20/h7-15,22,24H,5-6H2,1-4H3. The topological polar surface area (TPSA) is 90.7 Å². The van der Waals surface area contributed by atoms with Crippen LogP contribution in [-0.2, 0) is 19.1 Å². The molecule has 2 atom stereocenters. The number of thiazole rings is 1. The summed E-state index contributed by atoms with van der Waals surface area (Å²) in [5, 5.41) is 2.79. The van der Waals surface area contributed by atoms with Gasteiger partial charge in [0.1, 0.15) is 16.6 Å². The average molecular weight is 490 g/mol. The molecular weight excluding hydrogens is 462 g/mol. The van der Waals surface area contributed by atoms with E-state index < -0.39 is 23.8 Å². The maximum absolute atomic E-state index is 13.0. The van der Waals surface area contributed by atoms with E-state index in [4.69, 9.17) is 14.5 Å². The van der Waals surface area contributed by atoms with Gasteiger partial charge in [-0.2, -0.15) is 0 Å². The molecule has 2 unspecified atom stereocenters. The van der Waals surface area contributed by atoms with Crippen LogP contribution < -0.4 is 0 Å². The maximum atomic E-state index is 13.0. The molecule has 2 aromatic heterocycles. The Morgan fingerprint density at radius 3 is 2.51 bits per heavy atom. The van der Waals surface area contributed by atoms with E-state index in [2.05, 4.69) is 9.98 Å². The molecule has 0 saturated heterocycles. The highest BCUT2D eigenvalue weighted by Crippen LogP contribution is 2.41. The van der Waals surface area contributed by atoms with E-state index in [1.54, 1.807) is 33.9 Å². The van der Waals surface area contributed by atoms with Crippen molar-refractivity contribution in [1.29, 1.82) is 0 Å². The highest BCUT2D eigenvalue weighted by molar-refractivity contribution is 7.13. The molecule has 0 radical (unpaired) electrons. The van der Waals surface area contributed by atoms with Crippen LogP contribution in [0.4, 0.5) is 0 Å². The lowest BCUT2D eigenvalue weighted by atomic mass is 9.75. The van der Waals surface area contributed by atoms with Gasteiger partial charge in [0, 0.05) is 34.5 Å². The summed E-state index contributed by atoms with van der Waals surface area (Å²) in [4.78, 5) is 39.7. The van der Waals surface area contributed by atoms with Crippen molar-refractivity contribution < 1.29 is 19.1 Å². The summed E-state index contributed by atoms with van der Waals surface area (Å²) in [6.07, 6.45) is 1.74. The van der Waals surface area contributed by atoms with Crippen LogP contribution in [0.2, 0.25) is 0 Å². The lowest BCUT2D eigenvalue weighted by molar-refractivity contribution is -0.146. The molecule has 35 heavy (non-hydrogen) atoms. The first-order valence-electron chi connectivity index (χ1n) is 11.5. The second-order valence-corrected chi connectivity index (χ2v) is 8.92. The molecule has 180 valence electrons. The van der Waals surface area contributed by atoms with E-state index >= 15 is 0 Å². The van der Waals surface area contributed by atoms with Crippen molar-refractivity contribution in [2.45, 2.75) is 33.6 Å². The maximum Gasteiger partial charge on any atom is 0.336 e. The Bertz CT molecular complexity index is 1300. The molecule has 3 heterocycles. The molecular formula is C27H27N3O4S. The van der Waals surface area contributed by atoms with Gasteiger partial charge in [-0.25, -0.2) is 9.78 Å². The predicted molar refractivity (Wildman–Crippen MR) is 136 cm³/mol. The highest BCUT2D eigenvalue weighted by Gasteiger charge is 2.42. The summed E-state index contributed by atoms with van der Waals surface area (Å²) in [6.45, 7) is 7.55. The van der Waals surface area contributed by atoms with Crippen LogP contribution in [0.1, 0.15) is 39.2 Å². The van der Waals surface area contributed by atoms with Crippen molar-refractivity contribution in [3.05, 3.63) is 70.9 Å². The van der Waals surface area contributed by atoms with Crippen LogP contribution in [0.3, 0.4) is 0 Å². The number of benzene rings is 1. The third-order valence-corrected chi connectivity index (χ3v) is 6.68. The molecule has 0 bridgehead atoms. The monoisotopic (exact) mass is 489 g/mol. The van der Waals surface area contributed by atoms with Gasteiger partial charge in [-0.3, -0.25) is 14.8 Å². The summed E-state index contributed by atoms with van der Waals surface area (Å²) in [5.41, 5.74) is 4.81. The Morgan fingerprint density at radius 2 is 1.80 bits per heavy atom. The Kier molecular flexibility index (Phi) is 7.51. The van der Waals surface area contributed by atoms with Crippen LogP contribution in [0, 0.1) is 5.92 Å². The van der Waals surface area contributed by atoms with Gasteiger partial charge in [0.05, 0.1) is 24.5 Å². The van der Waals surface area contributed by atoms with Crippen LogP contribution in [-0.4, -0.2) is 40.8 Å². The van der Waals surface area contributed by atoms with E-state index in [9.17, 15) is 9.59 Å². The molecule has 0 spiro atoms. The predicted octanol–water partition coefficient (Wildman–Crippen LogP) is 5.45. The second-order valence-electron chi connectivity index (χ2n) is 8.06. The summed E-state index contributed by atoms with van der Waals surface area (Å²) < 4.78 is 10.7. The van der Waals surface area contributed by atoms with Crippen LogP contribution in [0.5, 0.6) is 0 Å². The number of aromatic nitrogens is 2. The Hall–Kier alpha value is -3.65. The van der Waals surface area contributed by atoms with Gasteiger partial charge in [0.15, 0.2) is 0 Å². The Labute approximate surface area is 208 Å². The van der Waals surface area contributed by atoms with Crippen molar-refractivity contribution >= 4 is 29.0 Å². The zero-order chi connectivity index (χ0) is 24.9. The zero-order valence-corrected chi connectivity index (χ0v) is 21.0. The van der Waals surface area contributed by atoms with Crippen LogP contribution in [0.25, 0.3) is 22.0 Å². The molecule has 0 aliphatic carbocycles. The largest absolute Gasteiger partial charge is 0.465 e. The molecule has 1 aliphatic heterocycles. The summed E-state index contributed by atoms with van der Waals surface area (Å²) >= 11 is 1.51. The molecule has 7 nitrogen and oxygen atoms in total. The van der Waals surface area contributed by atoms with E-state index in [-0.39, 0.29) is 13.2 Å². The lowest BCUT2D eigenvalue weighted by Gasteiger charge is -2.31. The van der Waals surface area contributed by atoms with Crippen LogP contribution in [0.15, 0.2) is 70.3 Å². The summed E-state index contributed by atoms with van der Waals surface area (Å²) in [5.74, 6) is -2.20. The molecule has 4 rings (SSSR count). The van der Waals surface area contributed by atoms with Crippen LogP contribution >= 0.6 is 11.3 Å². The number of ether oxygens (including phenoxy) is 2. The molecule has 0 fully saturated rings. The first-order chi connectivity index (χ1) is 16.9. The van der Waals surface area contributed by atoms with Crippen molar-refractivity contribution in [3.8, 4) is 22.0 Å². The molecule has 8 heteroatoms. The fourth-order valence-electron chi connectivity index (χ4n) is 4.31. The van der Waals surface area contributed by atoms with E-state index in [0.29, 0.717) is 17.0 Å². The third kappa shape index (κ3) is 5.07. The minimum absolute atomic E-state index is 0.227. The fourth-order valence-corrected chi connectivity index (χ4v) is 5.12. The van der Waals surface area contributed by atoms with E-state index in [1.165, 1.54) is 11.3 Å². The quantitative estimate of drug-likeness (QED) is 0.410. The minimum Gasteiger partial charge on any atom is -0.465 e. The number of carbonyl (C=O) groups excluding carboxylic acids is 2. The number of nitrogens with zero attached hydrogens (tertiary/aromatic N) is 3. The normalized spacial score (nSPS) is 17.7. The number of carbonyl (C=O) groups is 2. The number of pyridine rings is 1. The SMILES string of the molecule is CCOC(=O)C1=C(C)N=C(C)C(C(=O)OCC)C1c1cccc(-c2nc(-c3ccccn3)cs2)c1. The van der Waals surface area contributed by atoms with Gasteiger partial charge >= 0.3 is 11.9 Å². The lowest BCUT2D eigenvalue weighted by Crippen LogP contribution is -2.36. The molecule has 1 aliphatic rings. The summed E-state index contributed by atoms with van der Waals surface area (Å²) in [7, 11) is 0. The molecule has 0 N–H and O–H groups in total.